The average Bonchev–Trinajstić information content (AvgIpc) is 2.88. The van der Waals surface area contributed by atoms with Gasteiger partial charge in [0.15, 0.2) is 11.5 Å². The quantitative estimate of drug-likeness (QED) is 0.191. The summed E-state index contributed by atoms with van der Waals surface area (Å²) >= 11 is 2.05. The number of ether oxygens (including phenoxy) is 3. The maximum atomic E-state index is 13.0. The Kier molecular flexibility index (Phi) is 12.6. The van der Waals surface area contributed by atoms with Gasteiger partial charge in [-0.3, -0.25) is 9.59 Å². The number of halogens is 1. The van der Waals surface area contributed by atoms with Gasteiger partial charge in [0.2, 0.25) is 11.8 Å². The fraction of sp³-hybridized carbons (Fsp3) is 0.520. The number of allylic oxidation sites excluding steroid dienone is 1. The van der Waals surface area contributed by atoms with Gasteiger partial charge in [-0.1, -0.05) is 13.0 Å². The number of carbonyl (C=O) groups is 2. The van der Waals surface area contributed by atoms with E-state index < -0.39 is 24.2 Å². The van der Waals surface area contributed by atoms with Gasteiger partial charge in [0.1, 0.15) is 12.2 Å². The topological polar surface area (TPSA) is 138 Å². The lowest BCUT2D eigenvalue weighted by Gasteiger charge is -2.40. The van der Waals surface area contributed by atoms with Crippen LogP contribution in [0.4, 0.5) is 0 Å². The fourth-order valence-corrected chi connectivity index (χ4v) is 4.63. The molecule has 36 heavy (non-hydrogen) atoms. The highest BCUT2D eigenvalue weighted by molar-refractivity contribution is 14.1. The molecule has 1 aliphatic rings. The van der Waals surface area contributed by atoms with Gasteiger partial charge in [-0.25, -0.2) is 0 Å². The van der Waals surface area contributed by atoms with Gasteiger partial charge in [-0.15, -0.1) is 0 Å². The second-order valence-electron chi connectivity index (χ2n) is 8.12. The van der Waals surface area contributed by atoms with Crippen LogP contribution in [-0.4, -0.2) is 90.8 Å². The number of carbonyl (C=O) groups excluding carboxylic acids is 2. The van der Waals surface area contributed by atoms with Crippen LogP contribution in [0.25, 0.3) is 0 Å². The molecule has 200 valence electrons. The predicted octanol–water partition coefficient (Wildman–Crippen LogP) is 1.15. The van der Waals surface area contributed by atoms with E-state index >= 15 is 0 Å². The Bertz CT molecular complexity index is 952. The molecule has 0 saturated heterocycles. The summed E-state index contributed by atoms with van der Waals surface area (Å²) in [6, 6.07) is 2.58. The SMILES string of the molecule is CCC=CC(=O)N(CCOC)C1CC(C(=O)NCCO)=CC(Oc2c(I)cc(CO)cc2OC)C1O. The molecule has 4 N–H and O–H groups in total. The average molecular weight is 618 g/mol. The van der Waals surface area contributed by atoms with Gasteiger partial charge in [0.05, 0.1) is 36.5 Å². The lowest BCUT2D eigenvalue weighted by atomic mass is 9.88. The highest BCUT2D eigenvalue weighted by atomic mass is 127. The first-order chi connectivity index (χ1) is 17.3. The number of nitrogens with one attached hydrogen (secondary N) is 1. The fourth-order valence-electron chi connectivity index (χ4n) is 3.84. The van der Waals surface area contributed by atoms with Crippen molar-refractivity contribution < 1.29 is 39.1 Å². The van der Waals surface area contributed by atoms with Crippen LogP contribution in [0.15, 0.2) is 35.9 Å². The number of nitrogens with zero attached hydrogens (tertiary/aromatic N) is 1. The lowest BCUT2D eigenvalue weighted by Crippen LogP contribution is -2.55. The van der Waals surface area contributed by atoms with Crippen molar-refractivity contribution in [1.82, 2.24) is 10.2 Å². The molecule has 0 fully saturated rings. The van der Waals surface area contributed by atoms with Gasteiger partial charge in [0.25, 0.3) is 0 Å². The highest BCUT2D eigenvalue weighted by Gasteiger charge is 2.40. The zero-order chi connectivity index (χ0) is 26.7. The van der Waals surface area contributed by atoms with Gasteiger partial charge in [-0.2, -0.15) is 0 Å². The molecular formula is C25H35IN2O8. The third-order valence-corrected chi connectivity index (χ3v) is 6.46. The molecule has 0 spiro atoms. The molecule has 0 heterocycles. The van der Waals surface area contributed by atoms with E-state index in [9.17, 15) is 19.8 Å². The Morgan fingerprint density at radius 3 is 2.64 bits per heavy atom. The Labute approximate surface area is 225 Å². The molecule has 0 aliphatic heterocycles. The van der Waals surface area contributed by atoms with Crippen molar-refractivity contribution in [2.45, 2.75) is 44.6 Å². The number of aliphatic hydroxyl groups excluding tert-OH is 3. The van der Waals surface area contributed by atoms with Crippen LogP contribution in [0.3, 0.4) is 0 Å². The zero-order valence-electron chi connectivity index (χ0n) is 20.8. The van der Waals surface area contributed by atoms with E-state index in [2.05, 4.69) is 5.32 Å². The number of benzene rings is 1. The predicted molar refractivity (Wildman–Crippen MR) is 142 cm³/mol. The summed E-state index contributed by atoms with van der Waals surface area (Å²) in [5.41, 5.74) is 0.948. The Balaban J connectivity index is 2.49. The molecule has 11 heteroatoms. The van der Waals surface area contributed by atoms with E-state index in [-0.39, 0.29) is 45.2 Å². The molecule has 0 bridgehead atoms. The maximum Gasteiger partial charge on any atom is 0.247 e. The minimum atomic E-state index is -1.17. The van der Waals surface area contributed by atoms with E-state index in [0.717, 1.165) is 0 Å². The number of aliphatic hydroxyl groups is 3. The summed E-state index contributed by atoms with van der Waals surface area (Å²) in [6.45, 7) is 2.01. The first-order valence-corrected chi connectivity index (χ1v) is 12.8. The van der Waals surface area contributed by atoms with Crippen molar-refractivity contribution in [1.29, 1.82) is 0 Å². The third-order valence-electron chi connectivity index (χ3n) is 5.66. The molecule has 3 atom stereocenters. The summed E-state index contributed by atoms with van der Waals surface area (Å²) in [6.07, 6.45) is 3.30. The Hall–Kier alpha value is -2.19. The van der Waals surface area contributed by atoms with Crippen LogP contribution in [0, 0.1) is 3.57 Å². The van der Waals surface area contributed by atoms with Crippen molar-refractivity contribution in [2.75, 3.05) is 40.5 Å². The van der Waals surface area contributed by atoms with Crippen molar-refractivity contribution >= 4 is 34.4 Å². The van der Waals surface area contributed by atoms with Gasteiger partial charge < -0.3 is 39.7 Å². The summed E-state index contributed by atoms with van der Waals surface area (Å²) in [4.78, 5) is 27.3. The molecule has 3 unspecified atom stereocenters. The highest BCUT2D eigenvalue weighted by Crippen LogP contribution is 2.37. The van der Waals surface area contributed by atoms with Crippen molar-refractivity contribution in [3.8, 4) is 11.5 Å². The standard InChI is InChI=1S/C25H35IN2O8/c1-4-5-6-22(31)28(8-10-34-2)19-13-17(25(33)27-7-9-29)14-20(23(19)32)36-24-18(26)11-16(15-30)12-21(24)35-3/h5-6,11-12,14,19-20,23,29-30,32H,4,7-10,13,15H2,1-3H3,(H,27,33). The molecule has 1 aromatic rings. The number of amides is 2. The van der Waals surface area contributed by atoms with Crippen LogP contribution < -0.4 is 14.8 Å². The van der Waals surface area contributed by atoms with Crippen molar-refractivity contribution in [3.05, 3.63) is 45.1 Å². The maximum absolute atomic E-state index is 13.0. The van der Waals surface area contributed by atoms with Crippen molar-refractivity contribution in [3.63, 3.8) is 0 Å². The van der Waals surface area contributed by atoms with Crippen LogP contribution in [-0.2, 0) is 20.9 Å². The summed E-state index contributed by atoms with van der Waals surface area (Å²) in [7, 11) is 2.99. The normalized spacial score (nSPS) is 19.6. The zero-order valence-corrected chi connectivity index (χ0v) is 22.9. The van der Waals surface area contributed by atoms with Crippen molar-refractivity contribution in [2.24, 2.45) is 0 Å². The minimum absolute atomic E-state index is 0.0643. The molecule has 0 radical (unpaired) electrons. The van der Waals surface area contributed by atoms with E-state index in [1.807, 2.05) is 29.5 Å². The molecule has 1 aromatic carbocycles. The van der Waals surface area contributed by atoms with Crippen LogP contribution in [0.1, 0.15) is 25.3 Å². The van der Waals surface area contributed by atoms with Gasteiger partial charge >= 0.3 is 0 Å². The minimum Gasteiger partial charge on any atom is -0.493 e. The van der Waals surface area contributed by atoms with E-state index in [1.54, 1.807) is 18.2 Å². The summed E-state index contributed by atoms with van der Waals surface area (Å²) < 4.78 is 17.5. The number of methoxy groups -OCH3 is 2. The second-order valence-corrected chi connectivity index (χ2v) is 9.28. The second kappa shape index (κ2) is 15.2. The smallest absolute Gasteiger partial charge is 0.247 e. The molecule has 2 rings (SSSR count). The summed E-state index contributed by atoms with van der Waals surface area (Å²) in [5.74, 6) is -0.0339. The number of rotatable bonds is 13. The Morgan fingerprint density at radius 2 is 2.03 bits per heavy atom. The van der Waals surface area contributed by atoms with Gasteiger partial charge in [-0.05, 0) is 58.9 Å². The van der Waals surface area contributed by atoms with Crippen LogP contribution in [0.2, 0.25) is 0 Å². The molecule has 2 amide bonds. The number of hydrogen-bond acceptors (Lipinski definition) is 8. The lowest BCUT2D eigenvalue weighted by molar-refractivity contribution is -0.134. The molecule has 0 saturated carbocycles. The molecule has 10 nitrogen and oxygen atoms in total. The van der Waals surface area contributed by atoms with Crippen LogP contribution in [0.5, 0.6) is 11.5 Å². The van der Waals surface area contributed by atoms with E-state index in [0.29, 0.717) is 32.6 Å². The van der Waals surface area contributed by atoms with E-state index in [1.165, 1.54) is 31.3 Å². The monoisotopic (exact) mass is 618 g/mol. The largest absolute Gasteiger partial charge is 0.493 e. The van der Waals surface area contributed by atoms with E-state index in [4.69, 9.17) is 19.3 Å². The first-order valence-electron chi connectivity index (χ1n) is 11.7. The number of hydrogen-bond donors (Lipinski definition) is 4. The summed E-state index contributed by atoms with van der Waals surface area (Å²) in [5, 5.41) is 32.6. The van der Waals surface area contributed by atoms with Gasteiger partial charge in [0, 0.05) is 32.2 Å². The first kappa shape index (κ1) is 30.0. The Morgan fingerprint density at radius 1 is 1.28 bits per heavy atom. The molecule has 1 aliphatic carbocycles. The molecular weight excluding hydrogens is 583 g/mol. The third kappa shape index (κ3) is 7.90. The molecule has 0 aromatic heterocycles. The van der Waals surface area contributed by atoms with Crippen LogP contribution >= 0.6 is 22.6 Å².